The molecule has 0 fully saturated rings. The number of carbonyl (C=O) groups is 1. The second kappa shape index (κ2) is 10.4. The van der Waals surface area contributed by atoms with Gasteiger partial charge in [-0.1, -0.05) is 12.1 Å². The largest absolute Gasteiger partial charge is 0.497 e. The summed E-state index contributed by atoms with van der Waals surface area (Å²) < 4.78 is 39.7. The van der Waals surface area contributed by atoms with Crippen LogP contribution < -0.4 is 14.2 Å². The summed E-state index contributed by atoms with van der Waals surface area (Å²) >= 11 is 0. The first-order chi connectivity index (χ1) is 16.1. The van der Waals surface area contributed by atoms with Crippen LogP contribution in [0.15, 0.2) is 71.6 Å². The highest BCUT2D eigenvalue weighted by Gasteiger charge is 2.15. The van der Waals surface area contributed by atoms with E-state index in [1.54, 1.807) is 76.9 Å². The third-order valence-corrected chi connectivity index (χ3v) is 6.10. The van der Waals surface area contributed by atoms with Gasteiger partial charge < -0.3 is 19.1 Å². The Morgan fingerprint density at radius 1 is 0.794 bits per heavy atom. The van der Waals surface area contributed by atoms with Crippen molar-refractivity contribution in [2.24, 2.45) is 0 Å². The summed E-state index contributed by atoms with van der Waals surface area (Å²) in [4.78, 5) is 14.7. The standard InChI is InChI=1S/C26H27NO6S/c1-27(2)26(28)25(16-18-14-22(31-3)17-23(15-18)32-4)19-6-8-20(9-7-19)33-21-10-12-24(13-11-21)34(5,29)30/h6-17H,1-5H3/b25-16+. The Kier molecular flexibility index (Phi) is 7.63. The van der Waals surface area contributed by atoms with Crippen LogP contribution in [0.5, 0.6) is 23.0 Å². The van der Waals surface area contributed by atoms with Crippen LogP contribution in [0.4, 0.5) is 0 Å². The fourth-order valence-corrected chi connectivity index (χ4v) is 3.81. The van der Waals surface area contributed by atoms with Gasteiger partial charge in [0.2, 0.25) is 0 Å². The molecule has 1 amide bonds. The maximum Gasteiger partial charge on any atom is 0.253 e. The molecule has 3 aromatic carbocycles. The van der Waals surface area contributed by atoms with Crippen LogP contribution in [0.1, 0.15) is 11.1 Å². The molecule has 8 heteroatoms. The van der Waals surface area contributed by atoms with E-state index in [0.717, 1.165) is 11.8 Å². The molecule has 7 nitrogen and oxygen atoms in total. The SMILES string of the molecule is COc1cc(/C=C(/C(=O)N(C)C)c2ccc(Oc3ccc(S(C)(=O)=O)cc3)cc2)cc(OC)c1. The Hall–Kier alpha value is -3.78. The van der Waals surface area contributed by atoms with Gasteiger partial charge in [-0.25, -0.2) is 8.42 Å². The first-order valence-electron chi connectivity index (χ1n) is 10.4. The van der Waals surface area contributed by atoms with Crippen molar-refractivity contribution < 1.29 is 27.4 Å². The van der Waals surface area contributed by atoms with E-state index in [1.165, 1.54) is 17.0 Å². The summed E-state index contributed by atoms with van der Waals surface area (Å²) in [6, 6.07) is 18.7. The lowest BCUT2D eigenvalue weighted by molar-refractivity contribution is -0.122. The molecule has 3 aromatic rings. The number of methoxy groups -OCH3 is 2. The molecule has 0 saturated carbocycles. The maximum absolute atomic E-state index is 13.0. The maximum atomic E-state index is 13.0. The summed E-state index contributed by atoms with van der Waals surface area (Å²) in [6.07, 6.45) is 2.94. The van der Waals surface area contributed by atoms with E-state index in [2.05, 4.69) is 0 Å². The Labute approximate surface area is 200 Å². The van der Waals surface area contributed by atoms with E-state index in [1.807, 2.05) is 12.1 Å². The number of nitrogens with zero attached hydrogens (tertiary/aromatic N) is 1. The Balaban J connectivity index is 1.91. The normalized spacial score (nSPS) is 11.6. The van der Waals surface area contributed by atoms with Crippen molar-refractivity contribution in [3.8, 4) is 23.0 Å². The van der Waals surface area contributed by atoms with Gasteiger partial charge in [-0.05, 0) is 65.7 Å². The fraction of sp³-hybridized carbons (Fsp3) is 0.192. The second-order valence-electron chi connectivity index (χ2n) is 7.77. The molecule has 0 aromatic heterocycles. The van der Waals surface area contributed by atoms with Crippen LogP contribution in [0.25, 0.3) is 11.6 Å². The minimum atomic E-state index is -3.27. The Morgan fingerprint density at radius 2 is 1.29 bits per heavy atom. The predicted octanol–water partition coefficient (Wildman–Crippen LogP) is 4.53. The fourth-order valence-electron chi connectivity index (χ4n) is 3.18. The van der Waals surface area contributed by atoms with Crippen LogP contribution in [0.3, 0.4) is 0 Å². The monoisotopic (exact) mass is 481 g/mol. The topological polar surface area (TPSA) is 82.1 Å². The summed E-state index contributed by atoms with van der Waals surface area (Å²) in [6.45, 7) is 0. The minimum absolute atomic E-state index is 0.160. The zero-order valence-corrected chi connectivity index (χ0v) is 20.5. The van der Waals surface area contributed by atoms with Gasteiger partial charge in [0.05, 0.1) is 19.1 Å². The van der Waals surface area contributed by atoms with Crippen LogP contribution in [-0.4, -0.2) is 53.8 Å². The number of carbonyl (C=O) groups excluding carboxylic acids is 1. The highest BCUT2D eigenvalue weighted by molar-refractivity contribution is 7.90. The van der Waals surface area contributed by atoms with Gasteiger partial charge in [-0.3, -0.25) is 4.79 Å². The number of hydrogen-bond donors (Lipinski definition) is 0. The summed E-state index contributed by atoms with van der Waals surface area (Å²) in [7, 11) is 3.26. The van der Waals surface area contributed by atoms with E-state index >= 15 is 0 Å². The Bertz CT molecular complexity index is 1270. The van der Waals surface area contributed by atoms with Gasteiger partial charge in [0.25, 0.3) is 5.91 Å². The van der Waals surface area contributed by atoms with Crippen molar-refractivity contribution in [1.29, 1.82) is 0 Å². The molecule has 0 radical (unpaired) electrons. The van der Waals surface area contributed by atoms with Crippen molar-refractivity contribution >= 4 is 27.4 Å². The molecule has 0 atom stereocenters. The summed E-state index contributed by atoms with van der Waals surface area (Å²) in [5.74, 6) is 2.13. The number of sulfone groups is 1. The third kappa shape index (κ3) is 6.17. The quantitative estimate of drug-likeness (QED) is 0.347. The van der Waals surface area contributed by atoms with Gasteiger partial charge in [0.15, 0.2) is 9.84 Å². The Morgan fingerprint density at radius 3 is 1.74 bits per heavy atom. The van der Waals surface area contributed by atoms with Gasteiger partial charge in [0, 0.05) is 32.0 Å². The minimum Gasteiger partial charge on any atom is -0.497 e. The van der Waals surface area contributed by atoms with E-state index in [4.69, 9.17) is 14.2 Å². The van der Waals surface area contributed by atoms with Crippen molar-refractivity contribution in [2.45, 2.75) is 4.90 Å². The van der Waals surface area contributed by atoms with Crippen LogP contribution in [0.2, 0.25) is 0 Å². The first-order valence-corrected chi connectivity index (χ1v) is 12.2. The molecule has 0 unspecified atom stereocenters. The van der Waals surface area contributed by atoms with Crippen LogP contribution in [-0.2, 0) is 14.6 Å². The number of rotatable bonds is 8. The molecule has 0 heterocycles. The molecule has 0 aliphatic carbocycles. The zero-order valence-electron chi connectivity index (χ0n) is 19.7. The van der Waals surface area contributed by atoms with Gasteiger partial charge >= 0.3 is 0 Å². The molecular formula is C26H27NO6S. The van der Waals surface area contributed by atoms with E-state index in [9.17, 15) is 13.2 Å². The van der Waals surface area contributed by atoms with Crippen molar-refractivity contribution in [1.82, 2.24) is 4.90 Å². The number of likely N-dealkylation sites (N-methyl/N-ethyl adjacent to an activating group) is 1. The van der Waals surface area contributed by atoms with Crippen molar-refractivity contribution in [3.63, 3.8) is 0 Å². The molecular weight excluding hydrogens is 454 g/mol. The molecule has 0 spiro atoms. The second-order valence-corrected chi connectivity index (χ2v) is 9.79. The number of benzene rings is 3. The molecule has 0 aliphatic rings. The highest BCUT2D eigenvalue weighted by Crippen LogP contribution is 2.29. The highest BCUT2D eigenvalue weighted by atomic mass is 32.2. The average molecular weight is 482 g/mol. The summed E-state index contributed by atoms with van der Waals surface area (Å²) in [5.41, 5.74) is 1.96. The lowest BCUT2D eigenvalue weighted by atomic mass is 10.0. The number of amides is 1. The lowest BCUT2D eigenvalue weighted by Crippen LogP contribution is -2.22. The van der Waals surface area contributed by atoms with Gasteiger partial charge in [0.1, 0.15) is 23.0 Å². The van der Waals surface area contributed by atoms with E-state index < -0.39 is 9.84 Å². The van der Waals surface area contributed by atoms with Crippen LogP contribution in [0, 0.1) is 0 Å². The predicted molar refractivity (Wildman–Crippen MR) is 132 cm³/mol. The van der Waals surface area contributed by atoms with E-state index in [-0.39, 0.29) is 10.8 Å². The van der Waals surface area contributed by atoms with Crippen molar-refractivity contribution in [2.75, 3.05) is 34.6 Å². The molecule has 0 saturated heterocycles. The smallest absolute Gasteiger partial charge is 0.253 e. The number of hydrogen-bond acceptors (Lipinski definition) is 6. The zero-order chi connectivity index (χ0) is 24.9. The lowest BCUT2D eigenvalue weighted by Gasteiger charge is -2.15. The molecule has 34 heavy (non-hydrogen) atoms. The molecule has 3 rings (SSSR count). The average Bonchev–Trinajstić information content (AvgIpc) is 2.82. The van der Waals surface area contributed by atoms with Crippen LogP contribution >= 0.6 is 0 Å². The van der Waals surface area contributed by atoms with E-state index in [0.29, 0.717) is 34.1 Å². The van der Waals surface area contributed by atoms with Gasteiger partial charge in [-0.2, -0.15) is 0 Å². The molecule has 0 aliphatic heterocycles. The van der Waals surface area contributed by atoms with Crippen molar-refractivity contribution in [3.05, 3.63) is 77.9 Å². The first kappa shape index (κ1) is 24.9. The number of ether oxygens (including phenoxy) is 3. The molecule has 178 valence electrons. The molecule has 0 N–H and O–H groups in total. The molecule has 0 bridgehead atoms. The van der Waals surface area contributed by atoms with Gasteiger partial charge in [-0.15, -0.1) is 0 Å². The summed E-state index contributed by atoms with van der Waals surface area (Å²) in [5, 5.41) is 0. The third-order valence-electron chi connectivity index (χ3n) is 4.97.